The molecule has 166 valence electrons. The third kappa shape index (κ3) is 5.80. The molecule has 3 aromatic rings. The monoisotopic (exact) mass is 456 g/mol. The van der Waals surface area contributed by atoms with E-state index in [0.717, 1.165) is 0 Å². The summed E-state index contributed by atoms with van der Waals surface area (Å²) in [6, 6.07) is 14.2. The van der Waals surface area contributed by atoms with Crippen LogP contribution in [0.25, 0.3) is 0 Å². The van der Waals surface area contributed by atoms with Crippen molar-refractivity contribution in [2.45, 2.75) is 11.8 Å². The lowest BCUT2D eigenvalue weighted by molar-refractivity contribution is 0.262. The Morgan fingerprint density at radius 3 is 2.34 bits per heavy atom. The summed E-state index contributed by atoms with van der Waals surface area (Å²) in [5.74, 6) is 0.456. The van der Waals surface area contributed by atoms with Gasteiger partial charge in [0.25, 0.3) is 10.1 Å². The molecular formula is C21H20N4O6S. The quantitative estimate of drug-likeness (QED) is 0.232. The van der Waals surface area contributed by atoms with E-state index in [9.17, 15) is 18.3 Å². The highest BCUT2D eigenvalue weighted by Crippen LogP contribution is 2.31. The second-order valence-corrected chi connectivity index (χ2v) is 8.06. The Balaban J connectivity index is 1.73. The Labute approximate surface area is 184 Å². The molecule has 0 atom stereocenters. The molecule has 0 unspecified atom stereocenters. The van der Waals surface area contributed by atoms with Crippen molar-refractivity contribution in [2.75, 3.05) is 17.7 Å². The number of methoxy groups -OCH3 is 1. The number of nitrogens with zero attached hydrogens (tertiary/aromatic N) is 2. The topological polar surface area (TPSA) is 150 Å². The maximum atomic E-state index is 12.3. The number of phenols is 1. The molecule has 11 heteroatoms. The number of phenolic OH excluding ortho intramolecular Hbond substituents is 1. The van der Waals surface area contributed by atoms with Crippen LogP contribution in [0, 0.1) is 6.92 Å². The van der Waals surface area contributed by atoms with Crippen LogP contribution >= 0.6 is 0 Å². The summed E-state index contributed by atoms with van der Waals surface area (Å²) in [5.41, 5.74) is 2.13. The van der Waals surface area contributed by atoms with Gasteiger partial charge < -0.3 is 20.5 Å². The molecule has 0 heterocycles. The number of anilines is 2. The molecule has 10 nitrogen and oxygen atoms in total. The van der Waals surface area contributed by atoms with E-state index in [0.29, 0.717) is 28.4 Å². The molecule has 0 saturated heterocycles. The van der Waals surface area contributed by atoms with Crippen LogP contribution in [0.3, 0.4) is 0 Å². The lowest BCUT2D eigenvalue weighted by Gasteiger charge is -2.12. The van der Waals surface area contributed by atoms with Crippen LogP contribution in [-0.4, -0.2) is 31.2 Å². The lowest BCUT2D eigenvalue weighted by Crippen LogP contribution is -2.19. The summed E-state index contributed by atoms with van der Waals surface area (Å²) >= 11 is 0. The number of rotatable bonds is 6. The molecule has 0 saturated carbocycles. The average molecular weight is 456 g/mol. The van der Waals surface area contributed by atoms with Crippen molar-refractivity contribution < 1.29 is 27.6 Å². The molecule has 3 rings (SSSR count). The van der Waals surface area contributed by atoms with Crippen LogP contribution in [0.1, 0.15) is 5.56 Å². The van der Waals surface area contributed by atoms with Crippen LogP contribution in [0.5, 0.6) is 11.5 Å². The van der Waals surface area contributed by atoms with Crippen molar-refractivity contribution in [3.05, 3.63) is 66.2 Å². The highest BCUT2D eigenvalue weighted by molar-refractivity contribution is 7.85. The van der Waals surface area contributed by atoms with Gasteiger partial charge >= 0.3 is 6.03 Å². The Morgan fingerprint density at radius 2 is 1.69 bits per heavy atom. The van der Waals surface area contributed by atoms with Gasteiger partial charge in [-0.15, -0.1) is 0 Å². The molecule has 0 aromatic heterocycles. The van der Waals surface area contributed by atoms with E-state index >= 15 is 0 Å². The van der Waals surface area contributed by atoms with E-state index in [4.69, 9.17) is 9.29 Å². The van der Waals surface area contributed by atoms with Gasteiger partial charge in [-0.1, -0.05) is 6.07 Å². The summed E-state index contributed by atoms with van der Waals surface area (Å²) in [4.78, 5) is 12.0. The zero-order valence-electron chi connectivity index (χ0n) is 17.1. The Bertz CT molecular complexity index is 1290. The molecule has 0 aliphatic carbocycles. The Morgan fingerprint density at radius 1 is 0.969 bits per heavy atom. The first-order valence-electron chi connectivity index (χ1n) is 9.20. The standard InChI is InChI=1S/C21H20N4O6S/c1-13-10-14(7-9-19(13)26)22-21(27)23-18-8-6-16(12-20(18)31-2)25-24-15-4-3-5-17(11-15)32(28,29)30/h3-12,26H,1-2H3,(H2,22,23,27)(H,28,29,30)/b25-24+. The third-order valence-electron chi connectivity index (χ3n) is 4.28. The molecule has 0 aliphatic rings. The number of aryl methyl sites for hydroxylation is 1. The van der Waals surface area contributed by atoms with E-state index < -0.39 is 16.1 Å². The summed E-state index contributed by atoms with van der Waals surface area (Å²) in [6.07, 6.45) is 0. The molecule has 0 fully saturated rings. The molecule has 0 bridgehead atoms. The SMILES string of the molecule is COc1cc(/N=N/c2cccc(S(=O)(=O)O)c2)ccc1NC(=O)Nc1ccc(O)c(C)c1. The zero-order valence-corrected chi connectivity index (χ0v) is 17.9. The molecule has 4 N–H and O–H groups in total. The molecule has 0 spiro atoms. The van der Waals surface area contributed by atoms with E-state index in [1.807, 2.05) is 0 Å². The van der Waals surface area contributed by atoms with Gasteiger partial charge in [0.1, 0.15) is 11.5 Å². The van der Waals surface area contributed by atoms with Crippen molar-refractivity contribution in [1.82, 2.24) is 0 Å². The molecule has 0 aliphatic heterocycles. The molecule has 0 radical (unpaired) electrons. The number of nitrogens with one attached hydrogen (secondary N) is 2. The number of azo groups is 1. The van der Waals surface area contributed by atoms with Crippen molar-refractivity contribution in [2.24, 2.45) is 10.2 Å². The molecule has 32 heavy (non-hydrogen) atoms. The number of urea groups is 1. The van der Waals surface area contributed by atoms with Crippen LogP contribution in [-0.2, 0) is 10.1 Å². The largest absolute Gasteiger partial charge is 0.508 e. The Kier molecular flexibility index (Phi) is 6.71. The predicted molar refractivity (Wildman–Crippen MR) is 119 cm³/mol. The van der Waals surface area contributed by atoms with Crippen molar-refractivity contribution in [3.63, 3.8) is 0 Å². The average Bonchev–Trinajstić information content (AvgIpc) is 2.75. The first kappa shape index (κ1) is 22.7. The fourth-order valence-electron chi connectivity index (χ4n) is 2.68. The number of amides is 2. The first-order valence-corrected chi connectivity index (χ1v) is 10.6. The van der Waals surface area contributed by atoms with Crippen LogP contribution in [0.4, 0.5) is 27.5 Å². The smallest absolute Gasteiger partial charge is 0.323 e. The number of carbonyl (C=O) groups is 1. The molecular weight excluding hydrogens is 436 g/mol. The fourth-order valence-corrected chi connectivity index (χ4v) is 3.21. The van der Waals surface area contributed by atoms with E-state index in [2.05, 4.69) is 20.9 Å². The lowest BCUT2D eigenvalue weighted by atomic mass is 10.2. The minimum absolute atomic E-state index is 0.132. The highest BCUT2D eigenvalue weighted by atomic mass is 32.2. The second kappa shape index (κ2) is 9.45. The van der Waals surface area contributed by atoms with Gasteiger partial charge in [-0.2, -0.15) is 18.6 Å². The van der Waals surface area contributed by atoms with Crippen LogP contribution in [0.2, 0.25) is 0 Å². The molecule has 2 amide bonds. The maximum Gasteiger partial charge on any atom is 0.323 e. The van der Waals surface area contributed by atoms with Gasteiger partial charge in [0.15, 0.2) is 0 Å². The number of hydrogen-bond donors (Lipinski definition) is 4. The highest BCUT2D eigenvalue weighted by Gasteiger charge is 2.11. The van der Waals surface area contributed by atoms with Gasteiger partial charge in [0.05, 0.1) is 29.1 Å². The minimum Gasteiger partial charge on any atom is -0.508 e. The zero-order chi connectivity index (χ0) is 23.3. The number of ether oxygens (including phenoxy) is 1. The summed E-state index contributed by atoms with van der Waals surface area (Å²) in [5, 5.41) is 22.9. The van der Waals surface area contributed by atoms with Gasteiger partial charge in [-0.05, 0) is 61.0 Å². The van der Waals surface area contributed by atoms with Crippen molar-refractivity contribution in [3.8, 4) is 11.5 Å². The second-order valence-electron chi connectivity index (χ2n) is 6.64. The summed E-state index contributed by atoms with van der Waals surface area (Å²) in [7, 11) is -2.91. The Hall–Kier alpha value is -3.96. The van der Waals surface area contributed by atoms with Gasteiger partial charge in [0.2, 0.25) is 0 Å². The van der Waals surface area contributed by atoms with E-state index in [1.165, 1.54) is 43.5 Å². The van der Waals surface area contributed by atoms with E-state index in [1.54, 1.807) is 31.2 Å². The van der Waals surface area contributed by atoms with Gasteiger partial charge in [0, 0.05) is 11.8 Å². The summed E-state index contributed by atoms with van der Waals surface area (Å²) < 4.78 is 36.9. The first-order chi connectivity index (χ1) is 15.2. The van der Waals surface area contributed by atoms with Gasteiger partial charge in [-0.25, -0.2) is 4.79 Å². The number of aromatic hydroxyl groups is 1. The van der Waals surface area contributed by atoms with Crippen LogP contribution < -0.4 is 15.4 Å². The number of carbonyl (C=O) groups excluding carboxylic acids is 1. The third-order valence-corrected chi connectivity index (χ3v) is 5.13. The minimum atomic E-state index is -4.34. The predicted octanol–water partition coefficient (Wildman–Crippen LogP) is 5.02. The maximum absolute atomic E-state index is 12.3. The summed E-state index contributed by atoms with van der Waals surface area (Å²) in [6.45, 7) is 1.72. The van der Waals surface area contributed by atoms with Crippen LogP contribution in [0.15, 0.2) is 75.8 Å². The van der Waals surface area contributed by atoms with Gasteiger partial charge in [-0.3, -0.25) is 4.55 Å². The van der Waals surface area contributed by atoms with E-state index in [-0.39, 0.29) is 16.3 Å². The number of hydrogen-bond acceptors (Lipinski definition) is 7. The fraction of sp³-hybridized carbons (Fsp3) is 0.0952. The number of benzene rings is 3. The molecule has 3 aromatic carbocycles. The van der Waals surface area contributed by atoms with Crippen molar-refractivity contribution >= 4 is 38.9 Å². The van der Waals surface area contributed by atoms with Crippen molar-refractivity contribution in [1.29, 1.82) is 0 Å². The normalized spacial score (nSPS) is 11.3.